The minimum atomic E-state index is -0.713. The van der Waals surface area contributed by atoms with E-state index in [0.29, 0.717) is 24.1 Å². The first-order valence-corrected chi connectivity index (χ1v) is 9.09. The molecule has 26 heavy (non-hydrogen) atoms. The van der Waals surface area contributed by atoms with Gasteiger partial charge in [-0.25, -0.2) is 10.2 Å². The Morgan fingerprint density at radius 2 is 2.08 bits per heavy atom. The largest absolute Gasteiger partial charge is 0.366 e. The molecule has 1 aliphatic carbocycles. The van der Waals surface area contributed by atoms with Crippen molar-refractivity contribution < 1.29 is 9.59 Å². The van der Waals surface area contributed by atoms with E-state index in [1.165, 1.54) is 11.1 Å². The lowest BCUT2D eigenvalue weighted by molar-refractivity contribution is -0.118. The van der Waals surface area contributed by atoms with Crippen molar-refractivity contribution in [2.24, 2.45) is 16.3 Å². The average molecular weight is 352 g/mol. The van der Waals surface area contributed by atoms with Gasteiger partial charge >= 0.3 is 6.03 Å². The van der Waals surface area contributed by atoms with Gasteiger partial charge in [-0.05, 0) is 29.4 Å². The number of allylic oxidation sites excluding steroid dienone is 2. The fourth-order valence-corrected chi connectivity index (χ4v) is 4.56. The Hall–Kier alpha value is -2.63. The van der Waals surface area contributed by atoms with Crippen molar-refractivity contribution in [3.05, 3.63) is 46.7 Å². The molecule has 6 nitrogen and oxygen atoms in total. The van der Waals surface area contributed by atoms with Crippen molar-refractivity contribution in [3.63, 3.8) is 0 Å². The molecule has 0 radical (unpaired) electrons. The zero-order valence-corrected chi connectivity index (χ0v) is 15.2. The van der Waals surface area contributed by atoms with Crippen LogP contribution in [0.3, 0.4) is 0 Å². The lowest BCUT2D eigenvalue weighted by Crippen LogP contribution is -2.46. The van der Waals surface area contributed by atoms with E-state index in [2.05, 4.69) is 53.5 Å². The van der Waals surface area contributed by atoms with E-state index in [0.717, 1.165) is 25.1 Å². The molecule has 3 aliphatic rings. The van der Waals surface area contributed by atoms with Crippen LogP contribution < -0.4 is 11.2 Å². The Kier molecular flexibility index (Phi) is 3.86. The predicted molar refractivity (Wildman–Crippen MR) is 99.4 cm³/mol. The Bertz CT molecular complexity index is 853. The Morgan fingerprint density at radius 1 is 1.31 bits per heavy atom. The van der Waals surface area contributed by atoms with Crippen LogP contribution in [0.15, 0.2) is 40.6 Å². The van der Waals surface area contributed by atoms with Crippen LogP contribution in [0.4, 0.5) is 4.79 Å². The van der Waals surface area contributed by atoms with E-state index in [9.17, 15) is 9.59 Å². The Morgan fingerprint density at radius 3 is 2.85 bits per heavy atom. The molecule has 0 saturated heterocycles. The van der Waals surface area contributed by atoms with Crippen LogP contribution in [0.25, 0.3) is 0 Å². The number of carbonyl (C=O) groups is 2. The van der Waals surface area contributed by atoms with Crippen LogP contribution in [-0.2, 0) is 11.2 Å². The van der Waals surface area contributed by atoms with Gasteiger partial charge in [0.05, 0.1) is 17.3 Å². The van der Waals surface area contributed by atoms with E-state index in [-0.39, 0.29) is 17.2 Å². The summed E-state index contributed by atoms with van der Waals surface area (Å²) in [7, 11) is 0. The molecule has 3 N–H and O–H groups in total. The third-order valence-electron chi connectivity index (χ3n) is 5.59. The lowest BCUT2D eigenvalue weighted by Gasteiger charge is -2.48. The van der Waals surface area contributed by atoms with Gasteiger partial charge in [0.1, 0.15) is 0 Å². The number of primary amides is 1. The highest BCUT2D eigenvalue weighted by atomic mass is 16.2. The van der Waals surface area contributed by atoms with Crippen molar-refractivity contribution in [1.82, 2.24) is 10.3 Å². The molecule has 2 amide bonds. The fraction of sp³-hybridized carbons (Fsp3) is 0.450. The summed E-state index contributed by atoms with van der Waals surface area (Å²) in [4.78, 5) is 26.5. The number of hydrogen-bond acceptors (Lipinski definition) is 4. The summed E-state index contributed by atoms with van der Waals surface area (Å²) in [6, 6.07) is 7.89. The normalized spacial score (nSPS) is 25.5. The van der Waals surface area contributed by atoms with Crippen molar-refractivity contribution in [2.45, 2.75) is 45.6 Å². The van der Waals surface area contributed by atoms with Gasteiger partial charge in [0.25, 0.3) is 0 Å². The molecule has 0 unspecified atom stereocenters. The number of Topliss-reactive ketones (excluding diaryl/α,β-unsaturated/α-hetero) is 1. The van der Waals surface area contributed by atoms with Gasteiger partial charge in [0, 0.05) is 25.1 Å². The molecule has 6 heteroatoms. The lowest BCUT2D eigenvalue weighted by atomic mass is 9.71. The van der Waals surface area contributed by atoms with E-state index in [1.807, 2.05) is 0 Å². The molecule has 0 saturated carbocycles. The zero-order valence-electron chi connectivity index (χ0n) is 15.2. The highest BCUT2D eigenvalue weighted by Gasteiger charge is 2.44. The van der Waals surface area contributed by atoms with Crippen molar-refractivity contribution in [3.8, 4) is 0 Å². The maximum atomic E-state index is 12.9. The maximum absolute atomic E-state index is 12.9. The number of amides is 2. The number of nitrogens with zero attached hydrogens (tertiary/aromatic N) is 2. The molecule has 2 heterocycles. The van der Waals surface area contributed by atoms with Gasteiger partial charge < -0.3 is 10.6 Å². The summed E-state index contributed by atoms with van der Waals surface area (Å²) in [5.74, 6) is 0.110. The second-order valence-electron chi connectivity index (χ2n) is 8.16. The second kappa shape index (κ2) is 5.97. The first-order chi connectivity index (χ1) is 12.4. The van der Waals surface area contributed by atoms with Crippen molar-refractivity contribution >= 4 is 17.5 Å². The summed E-state index contributed by atoms with van der Waals surface area (Å²) < 4.78 is 0. The van der Waals surface area contributed by atoms with E-state index in [1.54, 1.807) is 0 Å². The summed E-state index contributed by atoms with van der Waals surface area (Å²) in [6.45, 7) is 5.17. The van der Waals surface area contributed by atoms with Crippen LogP contribution in [0.1, 0.15) is 50.3 Å². The molecule has 0 aromatic heterocycles. The molecule has 1 aromatic carbocycles. The molecule has 0 bridgehead atoms. The van der Waals surface area contributed by atoms with Crippen molar-refractivity contribution in [1.29, 1.82) is 0 Å². The number of ketones is 1. The Labute approximate surface area is 153 Å². The molecular formula is C20H24N4O2. The maximum Gasteiger partial charge on any atom is 0.332 e. The molecule has 4 rings (SSSR count). The SMILES string of the molecule is CC1(C)CC(=O)C2=C(C1)N1CCc3ccccc3[C@H]1CC2=NNC(N)=O. The third kappa shape index (κ3) is 2.79. The predicted octanol–water partition coefficient (Wildman–Crippen LogP) is 2.66. The number of nitrogens with one attached hydrogen (secondary N) is 1. The molecule has 136 valence electrons. The first-order valence-electron chi connectivity index (χ1n) is 9.09. The number of rotatable bonds is 1. The first kappa shape index (κ1) is 16.8. The average Bonchev–Trinajstić information content (AvgIpc) is 2.58. The summed E-state index contributed by atoms with van der Waals surface area (Å²) in [6.07, 6.45) is 2.91. The van der Waals surface area contributed by atoms with Gasteiger partial charge in [0.2, 0.25) is 0 Å². The summed E-state index contributed by atoms with van der Waals surface area (Å²) >= 11 is 0. The van der Waals surface area contributed by atoms with E-state index in [4.69, 9.17) is 5.73 Å². The van der Waals surface area contributed by atoms with Crippen LogP contribution in [0.2, 0.25) is 0 Å². The highest BCUT2D eigenvalue weighted by Crippen LogP contribution is 2.47. The Balaban J connectivity index is 1.84. The molecular weight excluding hydrogens is 328 g/mol. The number of fused-ring (bicyclic) bond motifs is 4. The third-order valence-corrected chi connectivity index (χ3v) is 5.59. The van der Waals surface area contributed by atoms with Crippen LogP contribution in [0.5, 0.6) is 0 Å². The molecule has 0 spiro atoms. The van der Waals surface area contributed by atoms with Crippen molar-refractivity contribution in [2.75, 3.05) is 6.54 Å². The number of benzene rings is 1. The fourth-order valence-electron chi connectivity index (χ4n) is 4.56. The topological polar surface area (TPSA) is 87.8 Å². The minimum absolute atomic E-state index is 0.0724. The monoisotopic (exact) mass is 352 g/mol. The van der Waals surface area contributed by atoms with Crippen LogP contribution in [-0.4, -0.2) is 29.0 Å². The van der Waals surface area contributed by atoms with Crippen LogP contribution in [0, 0.1) is 5.41 Å². The number of hydrogen-bond donors (Lipinski definition) is 2. The van der Waals surface area contributed by atoms with Crippen LogP contribution >= 0.6 is 0 Å². The van der Waals surface area contributed by atoms with Gasteiger partial charge in [-0.3, -0.25) is 4.79 Å². The smallest absolute Gasteiger partial charge is 0.332 e. The second-order valence-corrected chi connectivity index (χ2v) is 8.16. The van der Waals surface area contributed by atoms with E-state index >= 15 is 0 Å². The number of urea groups is 1. The van der Waals surface area contributed by atoms with Gasteiger partial charge in [-0.1, -0.05) is 38.1 Å². The quantitative estimate of drug-likeness (QED) is 0.762. The molecule has 1 aromatic rings. The number of nitrogens with two attached hydrogens (primary N) is 1. The van der Waals surface area contributed by atoms with Gasteiger partial charge in [-0.2, -0.15) is 5.10 Å². The highest BCUT2D eigenvalue weighted by molar-refractivity contribution is 6.24. The standard InChI is InChI=1S/C20H24N4O2/c1-20(2)10-16-18(17(25)11-20)14(22-23-19(21)26)9-15-13-6-4-3-5-12(13)7-8-24(15)16/h3-6,15H,7-11H2,1-2H3,(H3,21,23,26)/t15-/m1/s1. The number of carbonyl (C=O) groups excluding carboxylic acids is 2. The number of hydrazone groups is 1. The van der Waals surface area contributed by atoms with E-state index < -0.39 is 6.03 Å². The molecule has 1 atom stereocenters. The summed E-state index contributed by atoms with van der Waals surface area (Å²) in [5.41, 5.74) is 12.5. The molecule has 0 fully saturated rings. The molecule has 2 aliphatic heterocycles. The van der Waals surface area contributed by atoms with Gasteiger partial charge in [0.15, 0.2) is 5.78 Å². The summed E-state index contributed by atoms with van der Waals surface area (Å²) in [5, 5.41) is 4.22. The zero-order chi connectivity index (χ0) is 18.5. The van der Waals surface area contributed by atoms with Gasteiger partial charge in [-0.15, -0.1) is 0 Å². The minimum Gasteiger partial charge on any atom is -0.366 e.